The minimum Gasteiger partial charge on any atom is -0.478 e. The van der Waals surface area contributed by atoms with Crippen LogP contribution in [0.5, 0.6) is 0 Å². The lowest BCUT2D eigenvalue weighted by Gasteiger charge is -2.30. The average molecular weight is 278 g/mol. The molecular formula is C14H14O4S. The molecule has 1 aliphatic rings. The molecule has 0 spiro atoms. The summed E-state index contributed by atoms with van der Waals surface area (Å²) in [5, 5.41) is 8.91. The molecule has 1 N–H and O–H groups in total. The molecule has 0 bridgehead atoms. The highest BCUT2D eigenvalue weighted by molar-refractivity contribution is 7.91. The highest BCUT2D eigenvalue weighted by Gasteiger charge is 2.40. The maximum Gasteiger partial charge on any atom is 0.335 e. The van der Waals surface area contributed by atoms with Crippen molar-refractivity contribution in [2.75, 3.05) is 6.26 Å². The topological polar surface area (TPSA) is 71.4 Å². The molecule has 0 heterocycles. The summed E-state index contributed by atoms with van der Waals surface area (Å²) < 4.78 is 23.1. The maximum atomic E-state index is 12.2. The van der Waals surface area contributed by atoms with Crippen LogP contribution in [0.4, 0.5) is 0 Å². The normalized spacial score (nSPS) is 22.9. The SMILES string of the molecule is CS(=O)(=O)C1(c2ccccc2)C=CC(C(=O)O)=CC1. The zero-order chi connectivity index (χ0) is 14.1. The Hall–Kier alpha value is -1.88. The molecular weight excluding hydrogens is 264 g/mol. The molecule has 1 atom stereocenters. The van der Waals surface area contributed by atoms with Crippen molar-refractivity contribution >= 4 is 15.8 Å². The minimum absolute atomic E-state index is 0.121. The van der Waals surface area contributed by atoms with E-state index in [4.69, 9.17) is 5.11 Å². The van der Waals surface area contributed by atoms with Crippen LogP contribution in [-0.4, -0.2) is 25.7 Å². The number of allylic oxidation sites excluding steroid dienone is 1. The van der Waals surface area contributed by atoms with Crippen LogP contribution in [0.1, 0.15) is 12.0 Å². The Morgan fingerprint density at radius 2 is 1.89 bits per heavy atom. The van der Waals surface area contributed by atoms with E-state index in [9.17, 15) is 13.2 Å². The van der Waals surface area contributed by atoms with Gasteiger partial charge in [-0.1, -0.05) is 48.6 Å². The summed E-state index contributed by atoms with van der Waals surface area (Å²) in [4.78, 5) is 10.9. The van der Waals surface area contributed by atoms with Crippen LogP contribution in [0, 0.1) is 0 Å². The average Bonchev–Trinajstić information content (AvgIpc) is 2.38. The van der Waals surface area contributed by atoms with E-state index >= 15 is 0 Å². The van der Waals surface area contributed by atoms with E-state index in [2.05, 4.69) is 0 Å². The van der Waals surface area contributed by atoms with Gasteiger partial charge < -0.3 is 5.11 Å². The van der Waals surface area contributed by atoms with Gasteiger partial charge in [0.2, 0.25) is 0 Å². The Labute approximate surface area is 112 Å². The Morgan fingerprint density at radius 3 is 2.32 bits per heavy atom. The molecule has 0 amide bonds. The summed E-state index contributed by atoms with van der Waals surface area (Å²) in [5.74, 6) is -1.05. The van der Waals surface area contributed by atoms with Crippen molar-refractivity contribution in [3.8, 4) is 0 Å². The van der Waals surface area contributed by atoms with Crippen molar-refractivity contribution in [2.45, 2.75) is 11.2 Å². The van der Waals surface area contributed by atoms with E-state index in [1.165, 1.54) is 24.5 Å². The van der Waals surface area contributed by atoms with Gasteiger partial charge in [-0.05, 0) is 12.0 Å². The summed E-state index contributed by atoms with van der Waals surface area (Å²) in [5.41, 5.74) is 0.768. The lowest BCUT2D eigenvalue weighted by Crippen LogP contribution is -2.34. The monoisotopic (exact) mass is 278 g/mol. The first kappa shape index (κ1) is 13.5. The molecule has 1 aromatic rings. The highest BCUT2D eigenvalue weighted by Crippen LogP contribution is 2.38. The Bertz CT molecular complexity index is 656. The molecule has 1 aliphatic carbocycles. The predicted octanol–water partition coefficient (Wildman–Crippen LogP) is 1.90. The van der Waals surface area contributed by atoms with Gasteiger partial charge in [-0.3, -0.25) is 0 Å². The molecule has 0 fully saturated rings. The van der Waals surface area contributed by atoms with E-state index in [1.54, 1.807) is 24.3 Å². The van der Waals surface area contributed by atoms with Gasteiger partial charge in [-0.15, -0.1) is 0 Å². The van der Waals surface area contributed by atoms with Crippen molar-refractivity contribution < 1.29 is 18.3 Å². The smallest absolute Gasteiger partial charge is 0.335 e. The molecule has 0 aliphatic heterocycles. The first-order valence-corrected chi connectivity index (χ1v) is 7.64. The first-order valence-electron chi connectivity index (χ1n) is 5.75. The van der Waals surface area contributed by atoms with E-state index in [0.29, 0.717) is 5.56 Å². The second-order valence-electron chi connectivity index (χ2n) is 4.53. The minimum atomic E-state index is -3.41. The fourth-order valence-corrected chi connectivity index (χ4v) is 3.47. The van der Waals surface area contributed by atoms with E-state index < -0.39 is 20.6 Å². The van der Waals surface area contributed by atoms with Gasteiger partial charge in [0.1, 0.15) is 4.75 Å². The number of carbonyl (C=O) groups is 1. The van der Waals surface area contributed by atoms with Crippen molar-refractivity contribution in [3.05, 3.63) is 59.7 Å². The van der Waals surface area contributed by atoms with Gasteiger partial charge in [0.25, 0.3) is 0 Å². The largest absolute Gasteiger partial charge is 0.478 e. The molecule has 19 heavy (non-hydrogen) atoms. The maximum absolute atomic E-state index is 12.2. The Kier molecular flexibility index (Phi) is 3.32. The van der Waals surface area contributed by atoms with Crippen molar-refractivity contribution in [1.82, 2.24) is 0 Å². The Balaban J connectivity index is 2.54. The fraction of sp³-hybridized carbons (Fsp3) is 0.214. The van der Waals surface area contributed by atoms with Crippen LogP contribution < -0.4 is 0 Å². The van der Waals surface area contributed by atoms with Crippen molar-refractivity contribution in [1.29, 1.82) is 0 Å². The van der Waals surface area contributed by atoms with Gasteiger partial charge in [-0.2, -0.15) is 0 Å². The van der Waals surface area contributed by atoms with Gasteiger partial charge in [-0.25, -0.2) is 13.2 Å². The van der Waals surface area contributed by atoms with E-state index in [1.807, 2.05) is 6.07 Å². The Morgan fingerprint density at radius 1 is 1.26 bits per heavy atom. The number of benzene rings is 1. The number of carboxylic acids is 1. The van der Waals surface area contributed by atoms with Crippen LogP contribution in [-0.2, 0) is 19.4 Å². The highest BCUT2D eigenvalue weighted by atomic mass is 32.2. The van der Waals surface area contributed by atoms with Crippen LogP contribution >= 0.6 is 0 Å². The number of hydrogen-bond acceptors (Lipinski definition) is 3. The lowest BCUT2D eigenvalue weighted by atomic mass is 9.89. The zero-order valence-corrected chi connectivity index (χ0v) is 11.2. The third-order valence-electron chi connectivity index (χ3n) is 3.33. The third kappa shape index (κ3) is 2.33. The molecule has 0 aromatic heterocycles. The second-order valence-corrected chi connectivity index (χ2v) is 6.80. The standard InChI is InChI=1S/C14H14O4S/c1-19(17,18)14(12-5-3-2-4-6-12)9-7-11(8-10-14)13(15)16/h2-9H,10H2,1H3,(H,15,16). The predicted molar refractivity (Wildman–Crippen MR) is 72.4 cm³/mol. The van der Waals surface area contributed by atoms with Gasteiger partial charge in [0.15, 0.2) is 9.84 Å². The second kappa shape index (κ2) is 4.66. The van der Waals surface area contributed by atoms with E-state index in [-0.39, 0.29) is 12.0 Å². The number of aliphatic carboxylic acids is 1. The van der Waals surface area contributed by atoms with Gasteiger partial charge in [0.05, 0.1) is 5.57 Å². The molecule has 100 valence electrons. The fourth-order valence-electron chi connectivity index (χ4n) is 2.20. The molecule has 2 rings (SSSR count). The summed E-state index contributed by atoms with van der Waals surface area (Å²) in [7, 11) is -3.41. The van der Waals surface area contributed by atoms with Crippen molar-refractivity contribution in [3.63, 3.8) is 0 Å². The lowest BCUT2D eigenvalue weighted by molar-refractivity contribution is -0.132. The number of rotatable bonds is 3. The van der Waals surface area contributed by atoms with Crippen LogP contribution in [0.15, 0.2) is 54.1 Å². The molecule has 1 aromatic carbocycles. The quantitative estimate of drug-likeness (QED) is 0.916. The van der Waals surface area contributed by atoms with Crippen LogP contribution in [0.3, 0.4) is 0 Å². The third-order valence-corrected chi connectivity index (χ3v) is 5.19. The van der Waals surface area contributed by atoms with Gasteiger partial charge >= 0.3 is 5.97 Å². The summed E-state index contributed by atoms with van der Waals surface area (Å²) in [6.07, 6.45) is 5.59. The van der Waals surface area contributed by atoms with Crippen molar-refractivity contribution in [2.24, 2.45) is 0 Å². The molecule has 5 heteroatoms. The van der Waals surface area contributed by atoms with Crippen LogP contribution in [0.25, 0.3) is 0 Å². The molecule has 0 saturated heterocycles. The summed E-state index contributed by atoms with van der Waals surface area (Å²) in [6, 6.07) is 8.83. The summed E-state index contributed by atoms with van der Waals surface area (Å²) >= 11 is 0. The first-order chi connectivity index (χ1) is 8.87. The van der Waals surface area contributed by atoms with Crippen LogP contribution in [0.2, 0.25) is 0 Å². The molecule has 0 saturated carbocycles. The van der Waals surface area contributed by atoms with Gasteiger partial charge in [0, 0.05) is 6.26 Å². The van der Waals surface area contributed by atoms with E-state index in [0.717, 1.165) is 0 Å². The number of sulfone groups is 1. The molecule has 4 nitrogen and oxygen atoms in total. The zero-order valence-electron chi connectivity index (χ0n) is 10.4. The molecule has 1 unspecified atom stereocenters. The number of carboxylic acid groups (broad SMARTS) is 1. The number of hydrogen-bond donors (Lipinski definition) is 1. The summed E-state index contributed by atoms with van der Waals surface area (Å²) in [6.45, 7) is 0. The molecule has 0 radical (unpaired) electrons.